The van der Waals surface area contributed by atoms with E-state index in [4.69, 9.17) is 4.52 Å². The number of nitrogens with zero attached hydrogens (tertiary/aromatic N) is 3. The van der Waals surface area contributed by atoms with E-state index in [1.807, 2.05) is 13.8 Å². The fourth-order valence-electron chi connectivity index (χ4n) is 3.76. The topological polar surface area (TPSA) is 49.6 Å². The molecule has 0 spiro atoms. The molecule has 0 unspecified atom stereocenters. The van der Waals surface area contributed by atoms with Crippen LogP contribution in [0.25, 0.3) is 0 Å². The highest BCUT2D eigenvalue weighted by atomic mass is 16.5. The smallest absolute Gasteiger partial charge is 0.224 e. The van der Waals surface area contributed by atoms with Crippen molar-refractivity contribution < 1.29 is 9.32 Å². The van der Waals surface area contributed by atoms with Crippen molar-refractivity contribution in [3.63, 3.8) is 0 Å². The van der Waals surface area contributed by atoms with E-state index < -0.39 is 0 Å². The molecule has 1 saturated carbocycles. The summed E-state index contributed by atoms with van der Waals surface area (Å²) in [5.41, 5.74) is 2.22. The third-order valence-corrected chi connectivity index (χ3v) is 5.59. The Labute approximate surface area is 145 Å². The highest BCUT2D eigenvalue weighted by molar-refractivity contribution is 5.77. The Balaban J connectivity index is 1.65. The summed E-state index contributed by atoms with van der Waals surface area (Å²) in [5.74, 6) is 2.52. The van der Waals surface area contributed by atoms with E-state index in [2.05, 4.69) is 28.8 Å². The van der Waals surface area contributed by atoms with E-state index in [1.54, 1.807) is 0 Å². The van der Waals surface area contributed by atoms with Gasteiger partial charge in [-0.05, 0) is 44.9 Å². The van der Waals surface area contributed by atoms with Crippen LogP contribution < -0.4 is 0 Å². The van der Waals surface area contributed by atoms with Crippen LogP contribution in [-0.2, 0) is 11.2 Å². The third kappa shape index (κ3) is 4.00. The van der Waals surface area contributed by atoms with Crippen molar-refractivity contribution in [1.82, 2.24) is 15.0 Å². The second-order valence-electron chi connectivity index (χ2n) is 7.90. The molecule has 1 atom stereocenters. The maximum absolute atomic E-state index is 12.7. The minimum Gasteiger partial charge on any atom is -0.361 e. The number of hydrogen-bond donors (Lipinski definition) is 0. The summed E-state index contributed by atoms with van der Waals surface area (Å²) >= 11 is 0. The van der Waals surface area contributed by atoms with E-state index >= 15 is 0 Å². The molecule has 134 valence electrons. The van der Waals surface area contributed by atoms with Gasteiger partial charge in [-0.15, -0.1) is 0 Å². The van der Waals surface area contributed by atoms with Gasteiger partial charge in [-0.3, -0.25) is 4.79 Å². The Hall–Kier alpha value is -1.36. The lowest BCUT2D eigenvalue weighted by Crippen LogP contribution is -2.47. The molecular weight excluding hydrogens is 302 g/mol. The van der Waals surface area contributed by atoms with Crippen molar-refractivity contribution in [2.45, 2.75) is 59.4 Å². The van der Waals surface area contributed by atoms with Gasteiger partial charge in [-0.2, -0.15) is 0 Å². The van der Waals surface area contributed by atoms with Crippen LogP contribution in [0.5, 0.6) is 0 Å². The predicted octanol–water partition coefficient (Wildman–Crippen LogP) is 2.80. The van der Waals surface area contributed by atoms with Gasteiger partial charge in [-0.1, -0.05) is 19.0 Å². The Kier molecular flexibility index (Phi) is 5.28. The number of rotatable bonds is 6. The highest BCUT2D eigenvalue weighted by Crippen LogP contribution is 2.32. The molecule has 0 N–H and O–H groups in total. The van der Waals surface area contributed by atoms with E-state index in [9.17, 15) is 4.79 Å². The zero-order valence-electron chi connectivity index (χ0n) is 15.5. The lowest BCUT2D eigenvalue weighted by Gasteiger charge is -2.35. The number of carbonyl (C=O) groups excluding carboxylic acids is 1. The molecule has 2 aliphatic rings. The summed E-state index contributed by atoms with van der Waals surface area (Å²) in [7, 11) is 0. The number of carbonyl (C=O) groups is 1. The van der Waals surface area contributed by atoms with Gasteiger partial charge in [0.2, 0.25) is 5.91 Å². The number of amides is 1. The number of aryl methyl sites for hydroxylation is 2. The average molecular weight is 333 g/mol. The van der Waals surface area contributed by atoms with Gasteiger partial charge < -0.3 is 14.3 Å². The number of aromatic nitrogens is 1. The zero-order chi connectivity index (χ0) is 17.3. The molecule has 2 fully saturated rings. The number of hydrogen-bond acceptors (Lipinski definition) is 4. The average Bonchev–Trinajstić information content (AvgIpc) is 3.32. The van der Waals surface area contributed by atoms with Gasteiger partial charge in [0.1, 0.15) is 5.76 Å². The normalized spacial score (nSPS) is 23.1. The summed E-state index contributed by atoms with van der Waals surface area (Å²) in [4.78, 5) is 17.3. The first-order chi connectivity index (χ1) is 11.5. The monoisotopic (exact) mass is 333 g/mol. The fraction of sp³-hybridized carbons (Fsp3) is 0.789. The van der Waals surface area contributed by atoms with Gasteiger partial charge in [0, 0.05) is 44.2 Å². The first-order valence-corrected chi connectivity index (χ1v) is 9.39. The first-order valence-electron chi connectivity index (χ1n) is 9.39. The Morgan fingerprint density at radius 2 is 2.04 bits per heavy atom. The molecule has 0 radical (unpaired) electrons. The SMILES string of the molecule is Cc1noc(C)c1CCN1CCC(=O)N(CC2CC2)[C@@H](C(C)C)C1. The Morgan fingerprint density at radius 3 is 2.62 bits per heavy atom. The van der Waals surface area contributed by atoms with Crippen LogP contribution >= 0.6 is 0 Å². The van der Waals surface area contributed by atoms with Crippen LogP contribution in [0.4, 0.5) is 0 Å². The van der Waals surface area contributed by atoms with Crippen molar-refractivity contribution >= 4 is 5.91 Å². The van der Waals surface area contributed by atoms with Gasteiger partial charge in [0.05, 0.1) is 5.69 Å². The van der Waals surface area contributed by atoms with Crippen LogP contribution in [0.3, 0.4) is 0 Å². The summed E-state index contributed by atoms with van der Waals surface area (Å²) in [6, 6.07) is 0.338. The second kappa shape index (κ2) is 7.26. The van der Waals surface area contributed by atoms with Crippen LogP contribution in [0.1, 0.15) is 50.1 Å². The molecule has 1 amide bonds. The molecule has 5 heteroatoms. The van der Waals surface area contributed by atoms with Crippen molar-refractivity contribution in [1.29, 1.82) is 0 Å². The minimum absolute atomic E-state index is 0.338. The molecule has 2 heterocycles. The zero-order valence-corrected chi connectivity index (χ0v) is 15.5. The molecular formula is C19H31N3O2. The fourth-order valence-corrected chi connectivity index (χ4v) is 3.76. The molecule has 3 rings (SSSR count). The van der Waals surface area contributed by atoms with Gasteiger partial charge >= 0.3 is 0 Å². The lowest BCUT2D eigenvalue weighted by atomic mass is 10.0. The van der Waals surface area contributed by atoms with Crippen LogP contribution in [-0.4, -0.2) is 53.1 Å². The van der Waals surface area contributed by atoms with E-state index in [0.29, 0.717) is 24.3 Å². The maximum Gasteiger partial charge on any atom is 0.224 e. The molecule has 5 nitrogen and oxygen atoms in total. The van der Waals surface area contributed by atoms with Gasteiger partial charge in [0.25, 0.3) is 0 Å². The second-order valence-corrected chi connectivity index (χ2v) is 7.90. The Bertz CT molecular complexity index is 558. The van der Waals surface area contributed by atoms with Crippen molar-refractivity contribution in [3.05, 3.63) is 17.0 Å². The minimum atomic E-state index is 0.338. The lowest BCUT2D eigenvalue weighted by molar-refractivity contribution is -0.133. The van der Waals surface area contributed by atoms with Crippen LogP contribution in [0.2, 0.25) is 0 Å². The van der Waals surface area contributed by atoms with Crippen LogP contribution in [0.15, 0.2) is 4.52 Å². The van der Waals surface area contributed by atoms with Crippen molar-refractivity contribution in [2.75, 3.05) is 26.2 Å². The molecule has 1 saturated heterocycles. The summed E-state index contributed by atoms with van der Waals surface area (Å²) < 4.78 is 5.27. The standard InChI is InChI=1S/C19H31N3O2/c1-13(2)18-12-21(9-7-17-14(3)20-24-15(17)4)10-8-19(23)22(18)11-16-5-6-16/h13,16,18H,5-12H2,1-4H3/t18-/m1/s1. The predicted molar refractivity (Wildman–Crippen MR) is 93.8 cm³/mol. The molecule has 0 aromatic carbocycles. The molecule has 1 aliphatic heterocycles. The van der Waals surface area contributed by atoms with E-state index in [0.717, 1.165) is 50.0 Å². The quantitative estimate of drug-likeness (QED) is 0.803. The van der Waals surface area contributed by atoms with E-state index in [-0.39, 0.29) is 0 Å². The first kappa shape index (κ1) is 17.5. The van der Waals surface area contributed by atoms with Gasteiger partial charge in [-0.25, -0.2) is 0 Å². The van der Waals surface area contributed by atoms with E-state index in [1.165, 1.54) is 18.4 Å². The van der Waals surface area contributed by atoms with Crippen molar-refractivity contribution in [3.8, 4) is 0 Å². The molecule has 1 aromatic heterocycles. The molecule has 24 heavy (non-hydrogen) atoms. The third-order valence-electron chi connectivity index (χ3n) is 5.59. The largest absolute Gasteiger partial charge is 0.361 e. The van der Waals surface area contributed by atoms with Gasteiger partial charge in [0.15, 0.2) is 0 Å². The molecule has 1 aromatic rings. The molecule has 0 bridgehead atoms. The van der Waals surface area contributed by atoms with Crippen molar-refractivity contribution in [2.24, 2.45) is 11.8 Å². The summed E-state index contributed by atoms with van der Waals surface area (Å²) in [5, 5.41) is 4.05. The Morgan fingerprint density at radius 1 is 1.29 bits per heavy atom. The maximum atomic E-state index is 12.7. The van der Waals surface area contributed by atoms with Crippen LogP contribution in [0, 0.1) is 25.7 Å². The molecule has 1 aliphatic carbocycles. The highest BCUT2D eigenvalue weighted by Gasteiger charge is 2.35. The summed E-state index contributed by atoms with van der Waals surface area (Å²) in [6.45, 7) is 12.3. The summed E-state index contributed by atoms with van der Waals surface area (Å²) in [6.07, 6.45) is 4.19.